The van der Waals surface area contributed by atoms with Gasteiger partial charge in [0.1, 0.15) is 11.4 Å². The Morgan fingerprint density at radius 1 is 1.14 bits per heavy atom. The number of alkyl halides is 2. The van der Waals surface area contributed by atoms with Crippen LogP contribution in [0.5, 0.6) is 5.75 Å². The normalized spacial score (nSPS) is 15.3. The first-order valence-corrected chi connectivity index (χ1v) is 11.6. The van der Waals surface area contributed by atoms with Crippen LogP contribution in [-0.2, 0) is 26.1 Å². The lowest BCUT2D eigenvalue weighted by atomic mass is 10.0. The minimum absolute atomic E-state index is 0.126. The molecule has 1 aromatic heterocycles. The fourth-order valence-electron chi connectivity index (χ4n) is 4.59. The van der Waals surface area contributed by atoms with E-state index in [2.05, 4.69) is 5.10 Å². The number of hydrogen-bond donors (Lipinski definition) is 0. The fraction of sp³-hybridized carbons (Fsp3) is 0.320. The average molecular weight is 501 g/mol. The molecule has 0 fully saturated rings. The smallest absolute Gasteiger partial charge is 0.272 e. The van der Waals surface area contributed by atoms with E-state index < -0.39 is 6.43 Å². The van der Waals surface area contributed by atoms with Gasteiger partial charge in [0.05, 0.1) is 30.9 Å². The minimum Gasteiger partial charge on any atom is -0.497 e. The van der Waals surface area contributed by atoms with E-state index in [1.54, 1.807) is 21.6 Å². The monoisotopic (exact) mass is 500 g/mol. The molecule has 182 valence electrons. The second kappa shape index (κ2) is 9.30. The maximum absolute atomic E-state index is 13.4. The van der Waals surface area contributed by atoms with Crippen molar-refractivity contribution in [2.45, 2.75) is 32.5 Å². The van der Waals surface area contributed by atoms with Crippen LogP contribution in [0.2, 0.25) is 5.02 Å². The van der Waals surface area contributed by atoms with Crippen molar-refractivity contribution in [2.24, 2.45) is 0 Å². The summed E-state index contributed by atoms with van der Waals surface area (Å²) >= 11 is 5.96. The standard InChI is InChI=1S/C25H23ClF2N4O3/c1-35-17-5-2-15(3-6-17)13-31-10-11-32-22(25(31)34)19-14-30(9-8-21(19)29-32)24(33)16-4-7-18(23(27)28)20(26)12-16/h2-7,12,23H,8-11,13-14H2,1H3. The van der Waals surface area contributed by atoms with Crippen LogP contribution in [0, 0.1) is 0 Å². The molecule has 3 aromatic rings. The number of nitrogens with zero attached hydrogens (tertiary/aromatic N) is 4. The summed E-state index contributed by atoms with van der Waals surface area (Å²) in [6.45, 7) is 2.21. The lowest BCUT2D eigenvalue weighted by Gasteiger charge is -2.30. The highest BCUT2D eigenvalue weighted by atomic mass is 35.5. The fourth-order valence-corrected chi connectivity index (χ4v) is 4.85. The summed E-state index contributed by atoms with van der Waals surface area (Å²) in [5.41, 5.74) is 2.97. The van der Waals surface area contributed by atoms with Crippen molar-refractivity contribution in [3.8, 4) is 5.75 Å². The molecule has 3 heterocycles. The van der Waals surface area contributed by atoms with E-state index in [0.29, 0.717) is 38.3 Å². The maximum atomic E-state index is 13.4. The van der Waals surface area contributed by atoms with Gasteiger partial charge in [0.15, 0.2) is 0 Å². The van der Waals surface area contributed by atoms with E-state index in [9.17, 15) is 18.4 Å². The number of rotatable bonds is 5. The van der Waals surface area contributed by atoms with E-state index in [0.717, 1.165) is 22.6 Å². The maximum Gasteiger partial charge on any atom is 0.272 e. The largest absolute Gasteiger partial charge is 0.497 e. The minimum atomic E-state index is -2.71. The first kappa shape index (κ1) is 23.3. The molecule has 5 rings (SSSR count). The highest BCUT2D eigenvalue weighted by molar-refractivity contribution is 6.31. The quantitative estimate of drug-likeness (QED) is 0.523. The number of carbonyl (C=O) groups excluding carboxylic acids is 2. The second-order valence-corrected chi connectivity index (χ2v) is 8.99. The molecule has 2 aliphatic rings. The summed E-state index contributed by atoms with van der Waals surface area (Å²) in [5.74, 6) is 0.303. The van der Waals surface area contributed by atoms with Gasteiger partial charge in [0, 0.05) is 42.7 Å². The number of methoxy groups -OCH3 is 1. The van der Waals surface area contributed by atoms with E-state index in [-0.39, 0.29) is 34.5 Å². The predicted molar refractivity (Wildman–Crippen MR) is 125 cm³/mol. The first-order valence-electron chi connectivity index (χ1n) is 11.2. The molecule has 0 N–H and O–H groups in total. The molecule has 2 aromatic carbocycles. The zero-order valence-corrected chi connectivity index (χ0v) is 19.8. The summed E-state index contributed by atoms with van der Waals surface area (Å²) in [7, 11) is 1.61. The van der Waals surface area contributed by atoms with Crippen molar-refractivity contribution in [2.75, 3.05) is 20.2 Å². The molecule has 0 saturated heterocycles. The lowest BCUT2D eigenvalue weighted by molar-refractivity contribution is 0.0670. The number of aromatic nitrogens is 2. The van der Waals surface area contributed by atoms with Crippen molar-refractivity contribution < 1.29 is 23.1 Å². The summed E-state index contributed by atoms with van der Waals surface area (Å²) < 4.78 is 33.0. The lowest BCUT2D eigenvalue weighted by Crippen LogP contribution is -2.41. The van der Waals surface area contributed by atoms with Gasteiger partial charge in [0.2, 0.25) is 0 Å². The molecule has 0 aliphatic carbocycles. The molecule has 2 amide bonds. The van der Waals surface area contributed by atoms with E-state index >= 15 is 0 Å². The Kier molecular flexibility index (Phi) is 6.19. The molecule has 0 bridgehead atoms. The van der Waals surface area contributed by atoms with Gasteiger partial charge < -0.3 is 14.5 Å². The summed E-state index contributed by atoms with van der Waals surface area (Å²) in [6.07, 6.45) is -2.20. The highest BCUT2D eigenvalue weighted by Crippen LogP contribution is 2.30. The zero-order chi connectivity index (χ0) is 24.7. The average Bonchev–Trinajstić information content (AvgIpc) is 3.24. The molecule has 0 saturated carbocycles. The van der Waals surface area contributed by atoms with Crippen LogP contribution >= 0.6 is 11.6 Å². The molecule has 0 unspecified atom stereocenters. The van der Waals surface area contributed by atoms with Crippen molar-refractivity contribution in [3.63, 3.8) is 0 Å². The van der Waals surface area contributed by atoms with Crippen molar-refractivity contribution >= 4 is 23.4 Å². The number of carbonyl (C=O) groups is 2. The second-order valence-electron chi connectivity index (χ2n) is 8.59. The Bertz CT molecular complexity index is 1290. The Morgan fingerprint density at radius 3 is 2.60 bits per heavy atom. The predicted octanol–water partition coefficient (Wildman–Crippen LogP) is 4.34. The van der Waals surface area contributed by atoms with Gasteiger partial charge in [-0.2, -0.15) is 5.10 Å². The number of amides is 2. The Hall–Kier alpha value is -3.46. The van der Waals surface area contributed by atoms with Crippen molar-refractivity contribution in [1.82, 2.24) is 19.6 Å². The zero-order valence-electron chi connectivity index (χ0n) is 19.0. The third-order valence-corrected chi connectivity index (χ3v) is 6.80. The molecular weight excluding hydrogens is 478 g/mol. The molecule has 0 atom stereocenters. The van der Waals surface area contributed by atoms with Crippen LogP contribution in [0.25, 0.3) is 0 Å². The number of hydrogen-bond acceptors (Lipinski definition) is 4. The van der Waals surface area contributed by atoms with Gasteiger partial charge in [-0.15, -0.1) is 0 Å². The first-order chi connectivity index (χ1) is 16.9. The summed E-state index contributed by atoms with van der Waals surface area (Å²) in [5, 5.41) is 4.48. The Labute approximate surface area is 205 Å². The van der Waals surface area contributed by atoms with Crippen LogP contribution in [-0.4, -0.2) is 51.6 Å². The number of benzene rings is 2. The molecule has 10 heteroatoms. The van der Waals surface area contributed by atoms with Crippen molar-refractivity contribution in [1.29, 1.82) is 0 Å². The van der Waals surface area contributed by atoms with Gasteiger partial charge >= 0.3 is 0 Å². The molecule has 0 radical (unpaired) electrons. The van der Waals surface area contributed by atoms with Crippen LogP contribution in [0.3, 0.4) is 0 Å². The van der Waals surface area contributed by atoms with Crippen LogP contribution < -0.4 is 4.74 Å². The van der Waals surface area contributed by atoms with E-state index in [1.165, 1.54) is 18.2 Å². The SMILES string of the molecule is COc1ccc(CN2CCn3nc4c(c3C2=O)CN(C(=O)c2ccc(C(F)F)c(Cl)c2)CC4)cc1. The van der Waals surface area contributed by atoms with Crippen LogP contribution in [0.15, 0.2) is 42.5 Å². The van der Waals surface area contributed by atoms with Crippen molar-refractivity contribution in [3.05, 3.63) is 81.1 Å². The molecule has 35 heavy (non-hydrogen) atoms. The van der Waals surface area contributed by atoms with E-state index in [4.69, 9.17) is 16.3 Å². The van der Waals surface area contributed by atoms with Gasteiger partial charge in [-0.3, -0.25) is 14.3 Å². The van der Waals surface area contributed by atoms with Gasteiger partial charge in [-0.25, -0.2) is 8.78 Å². The van der Waals surface area contributed by atoms with Gasteiger partial charge in [-0.1, -0.05) is 29.8 Å². The highest BCUT2D eigenvalue weighted by Gasteiger charge is 2.35. The van der Waals surface area contributed by atoms with Crippen LogP contribution in [0.1, 0.15) is 49.7 Å². The van der Waals surface area contributed by atoms with Crippen LogP contribution in [0.4, 0.5) is 8.78 Å². The third kappa shape index (κ3) is 4.36. The third-order valence-electron chi connectivity index (χ3n) is 6.47. The Morgan fingerprint density at radius 2 is 1.91 bits per heavy atom. The number of halogens is 3. The molecule has 7 nitrogen and oxygen atoms in total. The number of fused-ring (bicyclic) bond motifs is 3. The van der Waals surface area contributed by atoms with Gasteiger partial charge in [0.25, 0.3) is 18.2 Å². The topological polar surface area (TPSA) is 67.7 Å². The van der Waals surface area contributed by atoms with E-state index in [1.807, 2.05) is 24.3 Å². The molecular formula is C25H23ClF2N4O3. The molecule has 0 spiro atoms. The number of ether oxygens (including phenoxy) is 1. The van der Waals surface area contributed by atoms with Gasteiger partial charge in [-0.05, 0) is 29.8 Å². The molecule has 2 aliphatic heterocycles. The summed E-state index contributed by atoms with van der Waals surface area (Å²) in [4.78, 5) is 29.9. The Balaban J connectivity index is 1.36. The summed E-state index contributed by atoms with van der Waals surface area (Å²) in [6, 6.07) is 11.4.